The third-order valence-corrected chi connectivity index (χ3v) is 10.0. The number of aromatic nitrogens is 1. The average Bonchev–Trinajstić information content (AvgIpc) is 3.69. The molecular weight excluding hydrogens is 683 g/mol. The SMILES string of the molecule is COC(=O)C1=C(CN2CCN3C(=O)N(c4ccc(CCC(=O)OC(C)(C)C)cc4)C[C@]3(C)C2)NC(c2nccs2)=N[C@H]1c1ccc(F)cc1Cl. The van der Waals surface area contributed by atoms with Crippen molar-refractivity contribution in [2.45, 2.75) is 57.7 Å². The lowest BCUT2D eigenvalue weighted by Crippen LogP contribution is -2.60. The lowest BCUT2D eigenvalue weighted by atomic mass is 9.94. The molecule has 6 rings (SSSR count). The van der Waals surface area contributed by atoms with Gasteiger partial charge in [-0.15, -0.1) is 11.3 Å². The average molecular weight is 723 g/mol. The van der Waals surface area contributed by atoms with Crippen LogP contribution < -0.4 is 10.2 Å². The van der Waals surface area contributed by atoms with E-state index in [2.05, 4.69) is 22.1 Å². The number of amidine groups is 1. The molecule has 0 saturated carbocycles. The number of amides is 2. The Hall–Kier alpha value is -4.33. The molecule has 11 nitrogen and oxygen atoms in total. The summed E-state index contributed by atoms with van der Waals surface area (Å²) in [5, 5.41) is 5.94. The molecule has 0 aliphatic carbocycles. The van der Waals surface area contributed by atoms with E-state index in [1.54, 1.807) is 11.1 Å². The van der Waals surface area contributed by atoms with Crippen LogP contribution in [0.15, 0.2) is 70.3 Å². The molecule has 1 aromatic heterocycles. The number of ether oxygens (including phenoxy) is 2. The molecule has 0 radical (unpaired) electrons. The predicted molar refractivity (Wildman–Crippen MR) is 190 cm³/mol. The van der Waals surface area contributed by atoms with Crippen molar-refractivity contribution in [3.63, 3.8) is 0 Å². The third-order valence-electron chi connectivity index (χ3n) is 8.91. The Morgan fingerprint density at radius 1 is 1.14 bits per heavy atom. The minimum atomic E-state index is -0.863. The Balaban J connectivity index is 1.21. The number of carbonyl (C=O) groups excluding carboxylic acids is 3. The highest BCUT2D eigenvalue weighted by atomic mass is 35.5. The molecule has 264 valence electrons. The van der Waals surface area contributed by atoms with Gasteiger partial charge in [-0.3, -0.25) is 19.6 Å². The number of urea groups is 1. The highest BCUT2D eigenvalue weighted by molar-refractivity contribution is 7.11. The zero-order valence-electron chi connectivity index (χ0n) is 28.7. The van der Waals surface area contributed by atoms with Crippen LogP contribution >= 0.6 is 22.9 Å². The Morgan fingerprint density at radius 3 is 2.56 bits per heavy atom. The number of aliphatic imine (C=N–C) groups is 1. The molecule has 3 aliphatic rings. The molecule has 0 spiro atoms. The van der Waals surface area contributed by atoms with Crippen LogP contribution in [0.4, 0.5) is 14.9 Å². The van der Waals surface area contributed by atoms with Crippen molar-refractivity contribution < 1.29 is 28.2 Å². The lowest BCUT2D eigenvalue weighted by molar-refractivity contribution is -0.154. The molecule has 1 N–H and O–H groups in total. The number of anilines is 1. The summed E-state index contributed by atoms with van der Waals surface area (Å²) >= 11 is 7.91. The van der Waals surface area contributed by atoms with Crippen LogP contribution in [0.5, 0.6) is 0 Å². The smallest absolute Gasteiger partial charge is 0.338 e. The van der Waals surface area contributed by atoms with E-state index >= 15 is 0 Å². The van der Waals surface area contributed by atoms with E-state index < -0.39 is 29.0 Å². The number of hydrogen-bond acceptors (Lipinski definition) is 10. The van der Waals surface area contributed by atoms with E-state index in [-0.39, 0.29) is 29.0 Å². The highest BCUT2D eigenvalue weighted by Gasteiger charge is 2.50. The number of rotatable bonds is 9. The molecule has 3 aromatic rings. The highest BCUT2D eigenvalue weighted by Crippen LogP contribution is 2.38. The molecule has 2 fully saturated rings. The van der Waals surface area contributed by atoms with Gasteiger partial charge in [0.2, 0.25) is 0 Å². The zero-order valence-corrected chi connectivity index (χ0v) is 30.2. The van der Waals surface area contributed by atoms with Gasteiger partial charge >= 0.3 is 18.0 Å². The molecule has 4 heterocycles. The lowest BCUT2D eigenvalue weighted by Gasteiger charge is -2.44. The van der Waals surface area contributed by atoms with E-state index in [9.17, 15) is 18.8 Å². The zero-order chi connectivity index (χ0) is 35.8. The number of hydrogen-bond donors (Lipinski definition) is 1. The van der Waals surface area contributed by atoms with Gasteiger partial charge in [0.15, 0.2) is 10.8 Å². The van der Waals surface area contributed by atoms with Gasteiger partial charge in [0.1, 0.15) is 17.5 Å². The molecule has 2 saturated heterocycles. The summed E-state index contributed by atoms with van der Waals surface area (Å²) in [6.45, 7) is 9.99. The predicted octanol–water partition coefficient (Wildman–Crippen LogP) is 5.74. The number of esters is 2. The second kappa shape index (κ2) is 14.1. The van der Waals surface area contributed by atoms with Gasteiger partial charge in [-0.25, -0.2) is 19.0 Å². The van der Waals surface area contributed by atoms with Crippen molar-refractivity contribution in [1.29, 1.82) is 0 Å². The van der Waals surface area contributed by atoms with Gasteiger partial charge in [0.25, 0.3) is 0 Å². The first kappa shape index (κ1) is 35.5. The normalized spacial score (nSPS) is 21.1. The fourth-order valence-electron chi connectivity index (χ4n) is 6.68. The largest absolute Gasteiger partial charge is 0.466 e. The number of piperazine rings is 1. The molecular formula is C36H40ClFN6O5S. The monoisotopic (exact) mass is 722 g/mol. The van der Waals surface area contributed by atoms with E-state index in [1.807, 2.05) is 55.3 Å². The van der Waals surface area contributed by atoms with Crippen LogP contribution in [-0.2, 0) is 25.5 Å². The fraction of sp³-hybridized carbons (Fsp3) is 0.417. The standard InChI is InChI=1S/C36H40ClFN6O5S/c1-35(2,3)49-28(45)13-8-22-6-10-24(11-7-22)43-21-36(4)20-42(15-16-44(36)34(43)47)19-27-29(33(46)48-5)30(25-12-9-23(38)18-26(25)37)41-31(40-27)32-39-14-17-50-32/h6-7,9-12,14,17-18,30H,8,13,15-16,19-21H2,1-5H3,(H,40,41)/t30-,36-/m0/s1. The molecule has 2 atom stereocenters. The van der Waals surface area contributed by atoms with Crippen molar-refractivity contribution in [3.8, 4) is 0 Å². The van der Waals surface area contributed by atoms with E-state index in [0.29, 0.717) is 61.2 Å². The minimum absolute atomic E-state index is 0.0666. The van der Waals surface area contributed by atoms with Gasteiger partial charge in [0, 0.05) is 66.1 Å². The van der Waals surface area contributed by atoms with E-state index in [1.165, 1.54) is 36.6 Å². The van der Waals surface area contributed by atoms with Crippen molar-refractivity contribution in [1.82, 2.24) is 20.1 Å². The Bertz CT molecular complexity index is 1840. The number of methoxy groups -OCH3 is 1. The first-order chi connectivity index (χ1) is 23.7. The van der Waals surface area contributed by atoms with Crippen LogP contribution in [0, 0.1) is 5.82 Å². The van der Waals surface area contributed by atoms with Gasteiger partial charge in [0.05, 0.1) is 24.8 Å². The summed E-state index contributed by atoms with van der Waals surface area (Å²) < 4.78 is 24.7. The van der Waals surface area contributed by atoms with Gasteiger partial charge in [-0.05, 0) is 63.9 Å². The van der Waals surface area contributed by atoms with Gasteiger partial charge < -0.3 is 19.7 Å². The topological polar surface area (TPSA) is 117 Å². The summed E-state index contributed by atoms with van der Waals surface area (Å²) in [5.41, 5.74) is 2.03. The van der Waals surface area contributed by atoms with Crippen molar-refractivity contribution in [3.05, 3.63) is 92.3 Å². The Labute approximate surface area is 299 Å². The van der Waals surface area contributed by atoms with Crippen molar-refractivity contribution >= 4 is 52.4 Å². The molecule has 2 aromatic carbocycles. The van der Waals surface area contributed by atoms with Gasteiger partial charge in [-0.2, -0.15) is 0 Å². The summed E-state index contributed by atoms with van der Waals surface area (Å²) in [4.78, 5) is 54.4. The number of thiazole rings is 1. The van der Waals surface area contributed by atoms with Crippen molar-refractivity contribution in [2.24, 2.45) is 4.99 Å². The van der Waals surface area contributed by atoms with Crippen LogP contribution in [0.25, 0.3) is 0 Å². The number of aryl methyl sites for hydroxylation is 1. The number of nitrogens with one attached hydrogen (secondary N) is 1. The molecule has 14 heteroatoms. The maximum atomic E-state index is 14.1. The number of fused-ring (bicyclic) bond motifs is 1. The molecule has 2 amide bonds. The first-order valence-corrected chi connectivity index (χ1v) is 17.6. The second-order valence-corrected chi connectivity index (χ2v) is 15.2. The maximum absolute atomic E-state index is 14.1. The number of nitrogens with zero attached hydrogens (tertiary/aromatic N) is 5. The number of halogens is 2. The molecule has 0 bridgehead atoms. The molecule has 3 aliphatic heterocycles. The molecule has 0 unspecified atom stereocenters. The molecule has 50 heavy (non-hydrogen) atoms. The fourth-order valence-corrected chi connectivity index (χ4v) is 7.54. The van der Waals surface area contributed by atoms with Crippen LogP contribution in [0.1, 0.15) is 56.3 Å². The second-order valence-electron chi connectivity index (χ2n) is 13.9. The van der Waals surface area contributed by atoms with Crippen LogP contribution in [-0.4, -0.2) is 89.6 Å². The maximum Gasteiger partial charge on any atom is 0.338 e. The van der Waals surface area contributed by atoms with E-state index in [0.717, 1.165) is 11.3 Å². The van der Waals surface area contributed by atoms with Crippen LogP contribution in [0.2, 0.25) is 5.02 Å². The summed E-state index contributed by atoms with van der Waals surface area (Å²) in [7, 11) is 1.31. The summed E-state index contributed by atoms with van der Waals surface area (Å²) in [5.74, 6) is -0.859. The third kappa shape index (κ3) is 7.54. The quantitative estimate of drug-likeness (QED) is 0.278. The number of benzene rings is 2. The Kier molecular flexibility index (Phi) is 10.0. The van der Waals surface area contributed by atoms with Crippen molar-refractivity contribution in [2.75, 3.05) is 44.7 Å². The van der Waals surface area contributed by atoms with Gasteiger partial charge in [-0.1, -0.05) is 29.8 Å². The number of carbonyl (C=O) groups is 3. The Morgan fingerprint density at radius 2 is 1.90 bits per heavy atom. The minimum Gasteiger partial charge on any atom is -0.466 e. The van der Waals surface area contributed by atoms with E-state index in [4.69, 9.17) is 26.1 Å². The van der Waals surface area contributed by atoms with Crippen LogP contribution in [0.3, 0.4) is 0 Å². The first-order valence-electron chi connectivity index (χ1n) is 16.4. The summed E-state index contributed by atoms with van der Waals surface area (Å²) in [6.07, 6.45) is 2.49. The summed E-state index contributed by atoms with van der Waals surface area (Å²) in [6, 6.07) is 10.8.